The Morgan fingerprint density at radius 2 is 1.74 bits per heavy atom. The fraction of sp³-hybridized carbons (Fsp3) is 0.379. The van der Waals surface area contributed by atoms with E-state index in [9.17, 15) is 0 Å². The van der Waals surface area contributed by atoms with E-state index in [2.05, 4.69) is 70.3 Å². The van der Waals surface area contributed by atoms with Crippen LogP contribution in [0.3, 0.4) is 0 Å². The highest BCUT2D eigenvalue weighted by atomic mass is 32.1. The molecule has 1 aliphatic rings. The molecule has 4 aromatic rings. The monoisotopic (exact) mass is 470 g/mol. The summed E-state index contributed by atoms with van der Waals surface area (Å²) in [5.74, 6) is 0. The van der Waals surface area contributed by atoms with E-state index in [1.54, 1.807) is 0 Å². The molecule has 0 spiro atoms. The number of hydrogen-bond donors (Lipinski definition) is 3. The first kappa shape index (κ1) is 22.9. The van der Waals surface area contributed by atoms with Gasteiger partial charge in [0.2, 0.25) is 0 Å². The second kappa shape index (κ2) is 11.0. The van der Waals surface area contributed by atoms with Crippen LogP contribution in [0.25, 0.3) is 21.8 Å². The lowest BCUT2D eigenvalue weighted by Gasteiger charge is -2.21. The molecule has 0 atom stereocenters. The number of nitrogens with zero attached hydrogens (tertiary/aromatic N) is 1. The van der Waals surface area contributed by atoms with Crippen molar-refractivity contribution in [3.63, 3.8) is 0 Å². The molecule has 0 fully saturated rings. The molecule has 2 heterocycles. The highest BCUT2D eigenvalue weighted by molar-refractivity contribution is 7.80. The first-order chi connectivity index (χ1) is 16.8. The summed E-state index contributed by atoms with van der Waals surface area (Å²) in [6.45, 7) is 1.89. The van der Waals surface area contributed by atoms with Crippen LogP contribution < -0.4 is 10.6 Å². The number of H-pyrrole nitrogens is 1. The third-order valence-corrected chi connectivity index (χ3v) is 7.29. The van der Waals surface area contributed by atoms with Crippen molar-refractivity contribution in [3.05, 3.63) is 71.5 Å². The molecule has 0 saturated heterocycles. The summed E-state index contributed by atoms with van der Waals surface area (Å²) in [7, 11) is 0. The van der Waals surface area contributed by atoms with E-state index in [1.807, 2.05) is 0 Å². The summed E-state index contributed by atoms with van der Waals surface area (Å²) in [6.07, 6.45) is 12.3. The van der Waals surface area contributed by atoms with Gasteiger partial charge in [0.1, 0.15) is 0 Å². The minimum atomic E-state index is 0.891. The van der Waals surface area contributed by atoms with Crippen molar-refractivity contribution in [2.75, 3.05) is 18.4 Å². The quantitative estimate of drug-likeness (QED) is 0.178. The number of aromatic nitrogens is 2. The van der Waals surface area contributed by atoms with E-state index >= 15 is 0 Å². The van der Waals surface area contributed by atoms with Gasteiger partial charge in [0, 0.05) is 47.0 Å². The number of benzene rings is 2. The molecule has 34 heavy (non-hydrogen) atoms. The van der Waals surface area contributed by atoms with Gasteiger partial charge in [-0.1, -0.05) is 55.0 Å². The van der Waals surface area contributed by atoms with Gasteiger partial charge in [0.25, 0.3) is 0 Å². The standard InChI is InChI=1S/C29H34N4S/c34-28(30-19-17-21-20-32-25-13-6-3-10-22(21)25)16-2-1-9-18-31-29-23-11-4-7-14-26(23)33-27-15-8-5-12-24(27)29/h3-4,6-7,10-11,13-14,20,32H,1-2,5,8-9,12,15-19H2,(H,30,34)(H,31,33). The Labute approximate surface area is 207 Å². The molecule has 2 aromatic heterocycles. The molecule has 5 heteroatoms. The van der Waals surface area contributed by atoms with Crippen LogP contribution in [0.1, 0.15) is 55.3 Å². The van der Waals surface area contributed by atoms with Crippen molar-refractivity contribution in [2.45, 2.75) is 57.8 Å². The van der Waals surface area contributed by atoms with Crippen LogP contribution in [0.5, 0.6) is 0 Å². The molecule has 0 unspecified atom stereocenters. The number of para-hydroxylation sites is 2. The van der Waals surface area contributed by atoms with Gasteiger partial charge in [-0.3, -0.25) is 4.98 Å². The number of nitrogens with one attached hydrogen (secondary N) is 3. The third kappa shape index (κ3) is 5.25. The van der Waals surface area contributed by atoms with Gasteiger partial charge in [-0.15, -0.1) is 0 Å². The van der Waals surface area contributed by atoms with E-state index < -0.39 is 0 Å². The first-order valence-electron chi connectivity index (χ1n) is 12.8. The van der Waals surface area contributed by atoms with Crippen LogP contribution in [-0.2, 0) is 19.3 Å². The molecular formula is C29H34N4S. The van der Waals surface area contributed by atoms with Crippen molar-refractivity contribution in [3.8, 4) is 0 Å². The Bertz CT molecular complexity index is 1280. The largest absolute Gasteiger partial charge is 0.384 e. The van der Waals surface area contributed by atoms with Gasteiger partial charge in [-0.05, 0) is 74.6 Å². The van der Waals surface area contributed by atoms with Crippen LogP contribution in [0.15, 0.2) is 54.7 Å². The molecule has 0 bridgehead atoms. The average Bonchev–Trinajstić information content (AvgIpc) is 3.28. The molecule has 4 nitrogen and oxygen atoms in total. The molecule has 0 aliphatic heterocycles. The number of aryl methyl sites for hydroxylation is 1. The lowest BCUT2D eigenvalue weighted by Crippen LogP contribution is -2.23. The number of aromatic amines is 1. The van der Waals surface area contributed by atoms with Gasteiger partial charge in [0.05, 0.1) is 10.5 Å². The Morgan fingerprint density at radius 3 is 2.68 bits per heavy atom. The molecule has 0 radical (unpaired) electrons. The Kier molecular flexibility index (Phi) is 7.40. The summed E-state index contributed by atoms with van der Waals surface area (Å²) >= 11 is 5.58. The number of fused-ring (bicyclic) bond motifs is 3. The Hall–Kier alpha value is -2.92. The topological polar surface area (TPSA) is 52.7 Å². The number of anilines is 1. The number of thiocarbonyl (C=S) groups is 1. The molecule has 1 aliphatic carbocycles. The van der Waals surface area contributed by atoms with E-state index in [-0.39, 0.29) is 0 Å². The highest BCUT2D eigenvalue weighted by Crippen LogP contribution is 2.33. The number of hydrogen-bond acceptors (Lipinski definition) is 3. The summed E-state index contributed by atoms with van der Waals surface area (Å²) < 4.78 is 0. The van der Waals surface area contributed by atoms with Crippen molar-refractivity contribution in [1.82, 2.24) is 15.3 Å². The van der Waals surface area contributed by atoms with Crippen molar-refractivity contribution in [2.24, 2.45) is 0 Å². The van der Waals surface area contributed by atoms with E-state index in [0.29, 0.717) is 0 Å². The highest BCUT2D eigenvalue weighted by Gasteiger charge is 2.17. The smallest absolute Gasteiger partial charge is 0.0753 e. The summed E-state index contributed by atoms with van der Waals surface area (Å²) in [5.41, 5.74) is 7.75. The van der Waals surface area contributed by atoms with Gasteiger partial charge in [-0.25, -0.2) is 0 Å². The zero-order chi connectivity index (χ0) is 23.2. The van der Waals surface area contributed by atoms with Crippen molar-refractivity contribution < 1.29 is 0 Å². The lowest BCUT2D eigenvalue weighted by atomic mass is 9.92. The molecule has 0 amide bonds. The normalized spacial score (nSPS) is 13.2. The SMILES string of the molecule is S=C(CCCCCNc1c2c(nc3ccccc13)CCCC2)NCCc1c[nH]c2ccccc12. The van der Waals surface area contributed by atoms with Gasteiger partial charge in [0.15, 0.2) is 0 Å². The summed E-state index contributed by atoms with van der Waals surface area (Å²) in [6, 6.07) is 17.0. The lowest BCUT2D eigenvalue weighted by molar-refractivity contribution is 0.670. The predicted molar refractivity (Wildman–Crippen MR) is 148 cm³/mol. The molecule has 3 N–H and O–H groups in total. The van der Waals surface area contributed by atoms with Gasteiger partial charge >= 0.3 is 0 Å². The molecular weight excluding hydrogens is 436 g/mol. The number of unbranched alkanes of at least 4 members (excludes halogenated alkanes) is 2. The molecule has 0 saturated carbocycles. The fourth-order valence-electron chi connectivity index (χ4n) is 5.14. The van der Waals surface area contributed by atoms with Crippen LogP contribution in [0.2, 0.25) is 0 Å². The third-order valence-electron chi connectivity index (χ3n) is 6.94. The van der Waals surface area contributed by atoms with E-state index in [0.717, 1.165) is 62.1 Å². The minimum absolute atomic E-state index is 0.891. The maximum Gasteiger partial charge on any atom is 0.0753 e. The number of pyridine rings is 1. The van der Waals surface area contributed by atoms with Gasteiger partial charge in [-0.2, -0.15) is 0 Å². The Morgan fingerprint density at radius 1 is 0.912 bits per heavy atom. The first-order valence-corrected chi connectivity index (χ1v) is 13.2. The van der Waals surface area contributed by atoms with Crippen LogP contribution in [0, 0.1) is 0 Å². The second-order valence-electron chi connectivity index (χ2n) is 9.33. The minimum Gasteiger partial charge on any atom is -0.384 e. The van der Waals surface area contributed by atoms with E-state index in [1.165, 1.54) is 58.1 Å². The Balaban J connectivity index is 1.04. The summed E-state index contributed by atoms with van der Waals surface area (Å²) in [4.78, 5) is 9.28. The maximum absolute atomic E-state index is 5.58. The zero-order valence-electron chi connectivity index (χ0n) is 19.8. The van der Waals surface area contributed by atoms with Crippen molar-refractivity contribution in [1.29, 1.82) is 0 Å². The molecule has 5 rings (SSSR count). The zero-order valence-corrected chi connectivity index (χ0v) is 20.6. The average molecular weight is 471 g/mol. The molecule has 176 valence electrons. The number of rotatable bonds is 10. The van der Waals surface area contributed by atoms with Gasteiger partial charge < -0.3 is 15.6 Å². The van der Waals surface area contributed by atoms with E-state index in [4.69, 9.17) is 17.2 Å². The fourth-order valence-corrected chi connectivity index (χ4v) is 5.39. The van der Waals surface area contributed by atoms with Crippen molar-refractivity contribution >= 4 is 44.7 Å². The van der Waals surface area contributed by atoms with Crippen LogP contribution in [-0.4, -0.2) is 28.0 Å². The second-order valence-corrected chi connectivity index (χ2v) is 9.83. The predicted octanol–water partition coefficient (Wildman–Crippen LogP) is 6.73. The maximum atomic E-state index is 5.58. The van der Waals surface area contributed by atoms with Crippen LogP contribution >= 0.6 is 12.2 Å². The molecule has 2 aromatic carbocycles. The van der Waals surface area contributed by atoms with Crippen LogP contribution in [0.4, 0.5) is 5.69 Å². The summed E-state index contributed by atoms with van der Waals surface area (Å²) in [5, 5.41) is 9.81.